The summed E-state index contributed by atoms with van der Waals surface area (Å²) < 4.78 is 25.6. The van der Waals surface area contributed by atoms with Gasteiger partial charge in [-0.25, -0.2) is 12.7 Å². The molecule has 2 amide bonds. The predicted octanol–water partition coefficient (Wildman–Crippen LogP) is 1.63. The van der Waals surface area contributed by atoms with E-state index in [4.69, 9.17) is 0 Å². The molecule has 8 nitrogen and oxygen atoms in total. The van der Waals surface area contributed by atoms with Crippen LogP contribution >= 0.6 is 0 Å². The summed E-state index contributed by atoms with van der Waals surface area (Å²) in [6, 6.07) is 7.41. The minimum absolute atomic E-state index is 0.168. The van der Waals surface area contributed by atoms with Crippen LogP contribution in [0.5, 0.6) is 0 Å². The maximum absolute atomic E-state index is 13.1. The van der Waals surface area contributed by atoms with Gasteiger partial charge in [-0.3, -0.25) is 14.5 Å². The molecule has 3 aliphatic heterocycles. The highest BCUT2D eigenvalue weighted by atomic mass is 32.2. The van der Waals surface area contributed by atoms with Gasteiger partial charge >= 0.3 is 0 Å². The van der Waals surface area contributed by atoms with E-state index < -0.39 is 22.0 Å². The molecule has 3 atom stereocenters. The van der Waals surface area contributed by atoms with E-state index in [9.17, 15) is 18.0 Å². The number of benzene rings is 1. The number of carbonyl (C=O) groups excluding carboxylic acids is 2. The Bertz CT molecular complexity index is 1030. The van der Waals surface area contributed by atoms with Crippen LogP contribution in [-0.4, -0.2) is 97.3 Å². The standard InChI is InChI=1S/C25H36N4O4S/c1-4-5-21-24-22(29(25(21)31)34(3,32)33)12-13-28(24)23(30)11-10-19-6-8-20(9-7-19)18-27-16-14-26(2)15-17-27/h6-11,21-22,24H,4-5,12-18H2,1-3H3/t21-,22+,24-/m1/s1. The minimum Gasteiger partial charge on any atom is -0.333 e. The molecule has 0 bridgehead atoms. The van der Waals surface area contributed by atoms with E-state index in [2.05, 4.69) is 29.0 Å². The van der Waals surface area contributed by atoms with Crippen molar-refractivity contribution in [3.05, 3.63) is 41.5 Å². The third-order valence-electron chi connectivity index (χ3n) is 7.31. The lowest BCUT2D eigenvalue weighted by Crippen LogP contribution is -2.43. The van der Waals surface area contributed by atoms with E-state index in [1.807, 2.05) is 19.1 Å². The van der Waals surface area contributed by atoms with Crippen molar-refractivity contribution in [1.29, 1.82) is 0 Å². The van der Waals surface area contributed by atoms with Crippen LogP contribution in [-0.2, 0) is 26.2 Å². The molecule has 4 rings (SSSR count). The van der Waals surface area contributed by atoms with Crippen molar-refractivity contribution >= 4 is 27.9 Å². The number of rotatable bonds is 7. The molecular formula is C25H36N4O4S. The number of hydrogen-bond acceptors (Lipinski definition) is 6. The van der Waals surface area contributed by atoms with E-state index in [0.717, 1.165) is 55.3 Å². The zero-order valence-electron chi connectivity index (χ0n) is 20.4. The highest BCUT2D eigenvalue weighted by Crippen LogP contribution is 2.40. The minimum atomic E-state index is -3.66. The van der Waals surface area contributed by atoms with Crippen LogP contribution in [0.4, 0.5) is 0 Å². The Balaban J connectivity index is 1.41. The maximum Gasteiger partial charge on any atom is 0.246 e. The lowest BCUT2D eigenvalue weighted by atomic mass is 9.94. The van der Waals surface area contributed by atoms with Crippen molar-refractivity contribution in [2.75, 3.05) is 46.0 Å². The molecule has 3 heterocycles. The second-order valence-electron chi connectivity index (χ2n) is 9.82. The van der Waals surface area contributed by atoms with Gasteiger partial charge in [-0.15, -0.1) is 0 Å². The summed E-state index contributed by atoms with van der Waals surface area (Å²) in [5, 5.41) is 0. The average Bonchev–Trinajstić information content (AvgIpc) is 3.32. The quantitative estimate of drug-likeness (QED) is 0.543. The Morgan fingerprint density at radius 1 is 1.09 bits per heavy atom. The number of nitrogens with zero attached hydrogens (tertiary/aromatic N) is 4. The van der Waals surface area contributed by atoms with Crippen molar-refractivity contribution < 1.29 is 18.0 Å². The Kier molecular flexibility index (Phi) is 7.45. The topological polar surface area (TPSA) is 81.2 Å². The van der Waals surface area contributed by atoms with Gasteiger partial charge in [-0.2, -0.15) is 0 Å². The lowest BCUT2D eigenvalue weighted by molar-refractivity contribution is -0.130. The van der Waals surface area contributed by atoms with Gasteiger partial charge in [0.1, 0.15) is 0 Å². The molecular weight excluding hydrogens is 452 g/mol. The van der Waals surface area contributed by atoms with Crippen molar-refractivity contribution in [1.82, 2.24) is 19.0 Å². The van der Waals surface area contributed by atoms with Crippen molar-refractivity contribution in [3.63, 3.8) is 0 Å². The zero-order chi connectivity index (χ0) is 24.5. The largest absolute Gasteiger partial charge is 0.333 e. The molecule has 0 N–H and O–H groups in total. The average molecular weight is 489 g/mol. The van der Waals surface area contributed by atoms with Crippen molar-refractivity contribution in [2.45, 2.75) is 44.8 Å². The SMILES string of the molecule is CCC[C@H]1C(=O)N(S(C)(=O)=O)[C@H]2CCN(C(=O)C=Cc3ccc(CN4CCN(C)CC4)cc3)[C@H]12. The summed E-state index contributed by atoms with van der Waals surface area (Å²) in [5.74, 6) is -0.992. The molecule has 0 saturated carbocycles. The van der Waals surface area contributed by atoms with Gasteiger partial charge in [-0.05, 0) is 37.1 Å². The first-order valence-electron chi connectivity index (χ1n) is 12.2. The summed E-state index contributed by atoms with van der Waals surface area (Å²) >= 11 is 0. The maximum atomic E-state index is 13.1. The Labute approximate surface area is 203 Å². The van der Waals surface area contributed by atoms with Gasteiger partial charge in [0, 0.05) is 45.3 Å². The first-order chi connectivity index (χ1) is 16.2. The van der Waals surface area contributed by atoms with Crippen LogP contribution in [0.1, 0.15) is 37.3 Å². The third-order valence-corrected chi connectivity index (χ3v) is 8.47. The molecule has 0 radical (unpaired) electrons. The number of fused-ring (bicyclic) bond motifs is 1. The molecule has 34 heavy (non-hydrogen) atoms. The van der Waals surface area contributed by atoms with Crippen LogP contribution in [0.15, 0.2) is 30.3 Å². The number of likely N-dealkylation sites (N-methyl/N-ethyl adjacent to an activating group) is 1. The number of likely N-dealkylation sites (tertiary alicyclic amines) is 1. The van der Waals surface area contributed by atoms with E-state index >= 15 is 0 Å². The molecule has 0 spiro atoms. The number of carbonyl (C=O) groups is 2. The normalized spacial score (nSPS) is 26.6. The monoisotopic (exact) mass is 488 g/mol. The van der Waals surface area contributed by atoms with Gasteiger partial charge in [0.25, 0.3) is 0 Å². The molecule has 1 aromatic rings. The fraction of sp³-hybridized carbons (Fsp3) is 0.600. The van der Waals surface area contributed by atoms with Crippen LogP contribution in [0.3, 0.4) is 0 Å². The summed E-state index contributed by atoms with van der Waals surface area (Å²) in [6.45, 7) is 7.69. The van der Waals surface area contributed by atoms with Crippen LogP contribution < -0.4 is 0 Å². The predicted molar refractivity (Wildman–Crippen MR) is 132 cm³/mol. The van der Waals surface area contributed by atoms with Gasteiger partial charge in [0.15, 0.2) is 0 Å². The van der Waals surface area contributed by atoms with Crippen molar-refractivity contribution in [2.24, 2.45) is 5.92 Å². The highest BCUT2D eigenvalue weighted by Gasteiger charge is 2.56. The number of hydrogen-bond donors (Lipinski definition) is 0. The number of amides is 2. The van der Waals surface area contributed by atoms with Crippen LogP contribution in [0.25, 0.3) is 6.08 Å². The van der Waals surface area contributed by atoms with Gasteiger partial charge in [0.2, 0.25) is 21.8 Å². The Morgan fingerprint density at radius 2 is 1.76 bits per heavy atom. The van der Waals surface area contributed by atoms with Crippen molar-refractivity contribution in [3.8, 4) is 0 Å². The Hall–Kier alpha value is -2.23. The van der Waals surface area contributed by atoms with Crippen LogP contribution in [0.2, 0.25) is 0 Å². The summed E-state index contributed by atoms with van der Waals surface area (Å²) in [6.07, 6.45) is 6.26. The molecule has 1 aromatic carbocycles. The smallest absolute Gasteiger partial charge is 0.246 e. The molecule has 3 saturated heterocycles. The molecule has 3 fully saturated rings. The molecule has 3 aliphatic rings. The second-order valence-corrected chi connectivity index (χ2v) is 11.7. The summed E-state index contributed by atoms with van der Waals surface area (Å²) in [7, 11) is -1.51. The highest BCUT2D eigenvalue weighted by molar-refractivity contribution is 7.88. The van der Waals surface area contributed by atoms with E-state index in [1.54, 1.807) is 17.1 Å². The molecule has 0 aromatic heterocycles. The summed E-state index contributed by atoms with van der Waals surface area (Å²) in [4.78, 5) is 32.5. The molecule has 186 valence electrons. The van der Waals surface area contributed by atoms with E-state index in [1.165, 1.54) is 5.56 Å². The van der Waals surface area contributed by atoms with Gasteiger partial charge < -0.3 is 9.80 Å². The molecule has 0 unspecified atom stereocenters. The Morgan fingerprint density at radius 3 is 2.38 bits per heavy atom. The van der Waals surface area contributed by atoms with Gasteiger partial charge in [0.05, 0.1) is 24.3 Å². The van der Waals surface area contributed by atoms with E-state index in [0.29, 0.717) is 19.4 Å². The number of piperazine rings is 1. The molecule has 9 heteroatoms. The fourth-order valence-electron chi connectivity index (χ4n) is 5.55. The van der Waals surface area contributed by atoms with Gasteiger partial charge in [-0.1, -0.05) is 37.6 Å². The molecule has 0 aliphatic carbocycles. The first-order valence-corrected chi connectivity index (χ1v) is 14.1. The van der Waals surface area contributed by atoms with E-state index in [-0.39, 0.29) is 17.9 Å². The number of sulfonamides is 1. The zero-order valence-corrected chi connectivity index (χ0v) is 21.2. The van der Waals surface area contributed by atoms with Crippen LogP contribution in [0, 0.1) is 5.92 Å². The summed E-state index contributed by atoms with van der Waals surface area (Å²) in [5.41, 5.74) is 2.19. The first kappa shape index (κ1) is 24.9. The lowest BCUT2D eigenvalue weighted by Gasteiger charge is -2.32. The second kappa shape index (κ2) is 10.2. The third kappa shape index (κ3) is 5.21. The fourth-order valence-corrected chi connectivity index (χ4v) is 6.73.